The molecule has 29 heavy (non-hydrogen) atoms. The Hall–Kier alpha value is -3.74. The van der Waals surface area contributed by atoms with Crippen molar-refractivity contribution < 1.29 is 14.3 Å². The molecule has 2 aromatic carbocycles. The quantitative estimate of drug-likeness (QED) is 0.596. The van der Waals surface area contributed by atoms with E-state index in [2.05, 4.69) is 20.6 Å². The Bertz CT molecular complexity index is 986. The van der Waals surface area contributed by atoms with Gasteiger partial charge < -0.3 is 15.4 Å². The minimum Gasteiger partial charge on any atom is -0.462 e. The molecule has 0 bridgehead atoms. The second kappa shape index (κ2) is 9.45. The number of carbonyl (C=O) groups excluding carboxylic acids is 2. The number of amides is 1. The summed E-state index contributed by atoms with van der Waals surface area (Å²) in [5.41, 5.74) is 3.50. The molecule has 3 rings (SSSR count). The molecule has 0 radical (unpaired) electrons. The average molecular weight is 390 g/mol. The van der Waals surface area contributed by atoms with Gasteiger partial charge in [-0.3, -0.25) is 4.79 Å². The van der Waals surface area contributed by atoms with Crippen molar-refractivity contribution in [1.29, 1.82) is 0 Å². The predicted octanol–water partition coefficient (Wildman–Crippen LogP) is 3.83. The van der Waals surface area contributed by atoms with Crippen molar-refractivity contribution in [2.24, 2.45) is 0 Å². The number of esters is 1. The van der Waals surface area contributed by atoms with Crippen molar-refractivity contribution >= 4 is 23.5 Å². The molecule has 0 aliphatic carbocycles. The number of anilines is 2. The summed E-state index contributed by atoms with van der Waals surface area (Å²) < 4.78 is 4.94. The lowest BCUT2D eigenvalue weighted by Gasteiger charge is -2.08. The summed E-state index contributed by atoms with van der Waals surface area (Å²) in [6, 6.07) is 16.1. The Labute approximate surface area is 169 Å². The van der Waals surface area contributed by atoms with Gasteiger partial charge >= 0.3 is 5.97 Å². The summed E-state index contributed by atoms with van der Waals surface area (Å²) in [7, 11) is 0. The molecule has 0 spiro atoms. The number of hydrogen-bond donors (Lipinski definition) is 2. The topological polar surface area (TPSA) is 93.2 Å². The van der Waals surface area contributed by atoms with Crippen LogP contribution < -0.4 is 10.6 Å². The van der Waals surface area contributed by atoms with E-state index in [9.17, 15) is 9.59 Å². The second-order valence-electron chi connectivity index (χ2n) is 6.36. The van der Waals surface area contributed by atoms with Gasteiger partial charge in [-0.2, -0.15) is 0 Å². The maximum absolute atomic E-state index is 12.5. The zero-order chi connectivity index (χ0) is 20.6. The number of carbonyl (C=O) groups is 2. The minimum atomic E-state index is -0.398. The Morgan fingerprint density at radius 1 is 1.00 bits per heavy atom. The first kappa shape index (κ1) is 20.0. The van der Waals surface area contributed by atoms with Gasteiger partial charge in [0, 0.05) is 18.4 Å². The van der Waals surface area contributed by atoms with Crippen LogP contribution in [0.15, 0.2) is 60.8 Å². The maximum atomic E-state index is 12.5. The Morgan fingerprint density at radius 2 is 1.72 bits per heavy atom. The zero-order valence-corrected chi connectivity index (χ0v) is 16.3. The molecule has 0 aliphatic rings. The smallest absolute Gasteiger partial charge is 0.338 e. The van der Waals surface area contributed by atoms with Gasteiger partial charge in [0.2, 0.25) is 5.95 Å². The molecule has 1 aromatic heterocycles. The van der Waals surface area contributed by atoms with Gasteiger partial charge in [0.05, 0.1) is 12.2 Å². The number of rotatable bonds is 7. The molecule has 0 unspecified atom stereocenters. The van der Waals surface area contributed by atoms with Crippen LogP contribution >= 0.6 is 0 Å². The van der Waals surface area contributed by atoms with Gasteiger partial charge in [-0.15, -0.1) is 0 Å². The summed E-state index contributed by atoms with van der Waals surface area (Å²) in [4.78, 5) is 32.6. The van der Waals surface area contributed by atoms with Crippen LogP contribution in [0.25, 0.3) is 0 Å². The molecule has 148 valence electrons. The number of ether oxygens (including phenoxy) is 1. The third-order valence-corrected chi connectivity index (χ3v) is 4.11. The highest BCUT2D eigenvalue weighted by molar-refractivity contribution is 6.03. The summed E-state index contributed by atoms with van der Waals surface area (Å²) in [5.74, 6) is -0.393. The first-order valence-corrected chi connectivity index (χ1v) is 9.26. The minimum absolute atomic E-state index is 0.237. The van der Waals surface area contributed by atoms with Crippen LogP contribution in [0, 0.1) is 6.92 Å². The lowest BCUT2D eigenvalue weighted by atomic mass is 10.1. The van der Waals surface area contributed by atoms with Crippen molar-refractivity contribution in [2.75, 3.05) is 17.2 Å². The van der Waals surface area contributed by atoms with E-state index in [0.29, 0.717) is 30.4 Å². The van der Waals surface area contributed by atoms with Crippen LogP contribution in [0.3, 0.4) is 0 Å². The third-order valence-electron chi connectivity index (χ3n) is 4.11. The number of nitrogens with zero attached hydrogens (tertiary/aromatic N) is 2. The molecule has 0 fully saturated rings. The fraction of sp³-hybridized carbons (Fsp3) is 0.182. The van der Waals surface area contributed by atoms with Crippen molar-refractivity contribution in [1.82, 2.24) is 9.97 Å². The number of aromatic nitrogens is 2. The molecule has 3 aromatic rings. The van der Waals surface area contributed by atoms with E-state index in [1.165, 1.54) is 11.8 Å². The van der Waals surface area contributed by atoms with Crippen LogP contribution in [-0.4, -0.2) is 28.5 Å². The Morgan fingerprint density at radius 3 is 2.41 bits per heavy atom. The van der Waals surface area contributed by atoms with E-state index < -0.39 is 5.97 Å². The molecule has 0 saturated heterocycles. The van der Waals surface area contributed by atoms with E-state index in [-0.39, 0.29) is 11.6 Å². The van der Waals surface area contributed by atoms with E-state index in [4.69, 9.17) is 4.74 Å². The SMILES string of the molecule is CCOC(=O)c1ccc(NC(=O)c2ccnc(NCc3ccc(C)cc3)n2)cc1. The Balaban J connectivity index is 1.61. The second-order valence-corrected chi connectivity index (χ2v) is 6.36. The number of aryl methyl sites for hydroxylation is 1. The maximum Gasteiger partial charge on any atom is 0.338 e. The summed E-state index contributed by atoms with van der Waals surface area (Å²) >= 11 is 0. The molecule has 2 N–H and O–H groups in total. The fourth-order valence-corrected chi connectivity index (χ4v) is 2.56. The monoisotopic (exact) mass is 390 g/mol. The molecule has 1 amide bonds. The lowest BCUT2D eigenvalue weighted by molar-refractivity contribution is 0.0526. The van der Waals surface area contributed by atoms with Gasteiger partial charge in [-0.25, -0.2) is 14.8 Å². The van der Waals surface area contributed by atoms with Gasteiger partial charge in [0.15, 0.2) is 0 Å². The standard InChI is InChI=1S/C22H22N4O3/c1-3-29-21(28)17-8-10-18(11-9-17)25-20(27)19-12-13-23-22(26-19)24-14-16-6-4-15(2)5-7-16/h4-13H,3,14H2,1-2H3,(H,25,27)(H,23,24,26). The van der Waals surface area contributed by atoms with Crippen molar-refractivity contribution in [3.8, 4) is 0 Å². The molecular formula is C22H22N4O3. The molecule has 7 heteroatoms. The van der Waals surface area contributed by atoms with Crippen molar-refractivity contribution in [2.45, 2.75) is 20.4 Å². The highest BCUT2D eigenvalue weighted by atomic mass is 16.5. The van der Waals surface area contributed by atoms with Gasteiger partial charge in [0.25, 0.3) is 5.91 Å². The molecule has 0 aliphatic heterocycles. The average Bonchev–Trinajstić information content (AvgIpc) is 2.74. The van der Waals surface area contributed by atoms with Crippen LogP contribution in [0.2, 0.25) is 0 Å². The van der Waals surface area contributed by atoms with Crippen LogP contribution in [-0.2, 0) is 11.3 Å². The fourth-order valence-electron chi connectivity index (χ4n) is 2.56. The van der Waals surface area contributed by atoms with Crippen molar-refractivity contribution in [3.63, 3.8) is 0 Å². The van der Waals surface area contributed by atoms with Crippen LogP contribution in [0.1, 0.15) is 38.9 Å². The lowest BCUT2D eigenvalue weighted by Crippen LogP contribution is -2.15. The zero-order valence-electron chi connectivity index (χ0n) is 16.3. The molecule has 0 saturated carbocycles. The predicted molar refractivity (Wildman–Crippen MR) is 111 cm³/mol. The van der Waals surface area contributed by atoms with E-state index in [1.807, 2.05) is 31.2 Å². The summed E-state index contributed by atoms with van der Waals surface area (Å²) in [5, 5.41) is 5.87. The van der Waals surface area contributed by atoms with E-state index >= 15 is 0 Å². The first-order valence-electron chi connectivity index (χ1n) is 9.26. The van der Waals surface area contributed by atoms with Crippen LogP contribution in [0.4, 0.5) is 11.6 Å². The number of hydrogen-bond acceptors (Lipinski definition) is 6. The molecule has 7 nitrogen and oxygen atoms in total. The van der Waals surface area contributed by atoms with Crippen molar-refractivity contribution in [3.05, 3.63) is 83.2 Å². The molecule has 0 atom stereocenters. The largest absolute Gasteiger partial charge is 0.462 e. The molecular weight excluding hydrogens is 368 g/mol. The number of benzene rings is 2. The highest BCUT2D eigenvalue weighted by Crippen LogP contribution is 2.13. The van der Waals surface area contributed by atoms with Crippen LogP contribution in [0.5, 0.6) is 0 Å². The van der Waals surface area contributed by atoms with E-state index in [1.54, 1.807) is 37.3 Å². The summed E-state index contributed by atoms with van der Waals surface area (Å²) in [6.07, 6.45) is 1.53. The normalized spacial score (nSPS) is 10.3. The van der Waals surface area contributed by atoms with Gasteiger partial charge in [-0.05, 0) is 49.7 Å². The molecule has 1 heterocycles. The van der Waals surface area contributed by atoms with Gasteiger partial charge in [-0.1, -0.05) is 29.8 Å². The Kier molecular flexibility index (Phi) is 6.52. The third kappa shape index (κ3) is 5.62. The van der Waals surface area contributed by atoms with E-state index in [0.717, 1.165) is 5.56 Å². The summed E-state index contributed by atoms with van der Waals surface area (Å²) in [6.45, 7) is 4.65. The highest BCUT2D eigenvalue weighted by Gasteiger charge is 2.11. The first-order chi connectivity index (χ1) is 14.0. The van der Waals surface area contributed by atoms with Gasteiger partial charge in [0.1, 0.15) is 5.69 Å². The number of nitrogens with one attached hydrogen (secondary N) is 2.